The first-order chi connectivity index (χ1) is 16.8. The third kappa shape index (κ3) is 5.38. The van der Waals surface area contributed by atoms with E-state index in [0.717, 1.165) is 10.4 Å². The van der Waals surface area contributed by atoms with Crippen LogP contribution >= 0.6 is 11.3 Å². The lowest BCUT2D eigenvalue weighted by atomic mass is 9.87. The van der Waals surface area contributed by atoms with Crippen molar-refractivity contribution >= 4 is 46.2 Å². The summed E-state index contributed by atoms with van der Waals surface area (Å²) in [6.07, 6.45) is 0.451. The number of carbonyl (C=O) groups is 3. The van der Waals surface area contributed by atoms with Crippen molar-refractivity contribution < 1.29 is 24.0 Å². The van der Waals surface area contributed by atoms with Gasteiger partial charge >= 0.3 is 5.97 Å². The Hall–Kier alpha value is -4.05. The van der Waals surface area contributed by atoms with Gasteiger partial charge in [-0.25, -0.2) is 0 Å². The van der Waals surface area contributed by atoms with Gasteiger partial charge in [0.15, 0.2) is 6.61 Å². The van der Waals surface area contributed by atoms with Gasteiger partial charge in [-0.1, -0.05) is 35.9 Å². The van der Waals surface area contributed by atoms with E-state index in [0.29, 0.717) is 5.69 Å². The van der Waals surface area contributed by atoms with Crippen LogP contribution in [0.5, 0.6) is 0 Å². The molecule has 1 aliphatic heterocycles. The molecule has 3 aromatic rings. The molecular formula is C25H23N3O6S. The number of nitrogens with zero attached hydrogens (tertiary/aromatic N) is 2. The fraction of sp³-hybridized carbons (Fsp3) is 0.240. The molecule has 0 bridgehead atoms. The SMILES string of the molecule is Cc1ccc(N2C(=O)CC[C@@H](C(=O)OCC(=O)Nc3ccccc3[N+](=O)[O-])[C@@H]2c2cccs2)cc1. The molecule has 1 saturated heterocycles. The quantitative estimate of drug-likeness (QED) is 0.291. The summed E-state index contributed by atoms with van der Waals surface area (Å²) in [5.74, 6) is -2.06. The van der Waals surface area contributed by atoms with Crippen LogP contribution in [0.3, 0.4) is 0 Å². The zero-order valence-corrected chi connectivity index (χ0v) is 19.7. The minimum absolute atomic E-state index is 0.0174. The minimum Gasteiger partial charge on any atom is -0.455 e. The van der Waals surface area contributed by atoms with Crippen molar-refractivity contribution in [3.8, 4) is 0 Å². The zero-order valence-electron chi connectivity index (χ0n) is 18.9. The van der Waals surface area contributed by atoms with E-state index in [1.165, 1.54) is 29.5 Å². The molecule has 10 heteroatoms. The number of nitro groups is 1. The van der Waals surface area contributed by atoms with E-state index in [2.05, 4.69) is 5.32 Å². The number of benzene rings is 2. The first-order valence-corrected chi connectivity index (χ1v) is 11.8. The number of carbonyl (C=O) groups excluding carboxylic acids is 3. The molecule has 1 fully saturated rings. The number of ether oxygens (including phenoxy) is 1. The molecule has 0 unspecified atom stereocenters. The van der Waals surface area contributed by atoms with Gasteiger partial charge in [-0.15, -0.1) is 11.3 Å². The van der Waals surface area contributed by atoms with Crippen LogP contribution < -0.4 is 10.2 Å². The number of aryl methyl sites for hydroxylation is 1. The number of rotatable bonds is 7. The Bertz CT molecular complexity index is 1240. The maximum Gasteiger partial charge on any atom is 0.311 e. The summed E-state index contributed by atoms with van der Waals surface area (Å²) in [5, 5.41) is 15.4. The van der Waals surface area contributed by atoms with Crippen LogP contribution in [-0.4, -0.2) is 29.3 Å². The van der Waals surface area contributed by atoms with Crippen LogP contribution in [0.4, 0.5) is 17.1 Å². The maximum absolute atomic E-state index is 13.1. The summed E-state index contributed by atoms with van der Waals surface area (Å²) in [6, 6.07) is 16.4. The van der Waals surface area contributed by atoms with Crippen molar-refractivity contribution in [1.29, 1.82) is 0 Å². The van der Waals surface area contributed by atoms with E-state index in [1.807, 2.05) is 48.7 Å². The molecule has 180 valence electrons. The normalized spacial score (nSPS) is 17.6. The second-order valence-corrected chi connectivity index (χ2v) is 9.11. The Morgan fingerprint density at radius 1 is 1.14 bits per heavy atom. The zero-order chi connectivity index (χ0) is 24.9. The molecule has 2 heterocycles. The van der Waals surface area contributed by atoms with E-state index in [1.54, 1.807) is 11.0 Å². The van der Waals surface area contributed by atoms with E-state index in [-0.39, 0.29) is 30.1 Å². The van der Waals surface area contributed by atoms with Crippen LogP contribution in [0.15, 0.2) is 66.0 Å². The van der Waals surface area contributed by atoms with Crippen molar-refractivity contribution in [1.82, 2.24) is 0 Å². The minimum atomic E-state index is -0.692. The third-order valence-corrected chi connectivity index (χ3v) is 6.71. The Kier molecular flexibility index (Phi) is 7.21. The molecule has 0 spiro atoms. The average molecular weight is 494 g/mol. The standard InChI is InChI=1S/C25H23N3O6S/c1-16-8-10-17(11-9-16)27-23(30)13-12-18(24(27)21-7-4-14-35-21)25(31)34-15-22(29)26-19-5-2-3-6-20(19)28(32)33/h2-11,14,18,24H,12-13,15H2,1H3,(H,26,29)/t18-,24-/m1/s1. The van der Waals surface area contributed by atoms with Crippen LogP contribution in [0.1, 0.15) is 29.3 Å². The molecule has 4 rings (SSSR count). The lowest BCUT2D eigenvalue weighted by Gasteiger charge is -2.39. The van der Waals surface area contributed by atoms with Gasteiger partial charge in [-0.3, -0.25) is 24.5 Å². The van der Waals surface area contributed by atoms with Crippen LogP contribution in [0.2, 0.25) is 0 Å². The van der Waals surface area contributed by atoms with Gasteiger partial charge in [-0.2, -0.15) is 0 Å². The highest BCUT2D eigenvalue weighted by Crippen LogP contribution is 2.42. The van der Waals surface area contributed by atoms with Crippen LogP contribution in [-0.2, 0) is 19.1 Å². The molecule has 2 amide bonds. The van der Waals surface area contributed by atoms with Gasteiger partial charge in [0.1, 0.15) is 5.69 Å². The molecule has 1 aromatic heterocycles. The third-order valence-electron chi connectivity index (χ3n) is 5.77. The average Bonchev–Trinajstić information content (AvgIpc) is 3.38. The number of nitro benzene ring substituents is 1. The number of amides is 2. The Balaban J connectivity index is 1.51. The Morgan fingerprint density at radius 3 is 2.57 bits per heavy atom. The lowest BCUT2D eigenvalue weighted by molar-refractivity contribution is -0.383. The van der Waals surface area contributed by atoms with Gasteiger partial charge < -0.3 is 15.0 Å². The van der Waals surface area contributed by atoms with E-state index >= 15 is 0 Å². The largest absolute Gasteiger partial charge is 0.455 e. The second kappa shape index (κ2) is 10.5. The van der Waals surface area contributed by atoms with Crippen molar-refractivity contribution in [3.05, 3.63) is 86.6 Å². The number of hydrogen-bond donors (Lipinski definition) is 1. The van der Waals surface area contributed by atoms with Crippen LogP contribution in [0, 0.1) is 23.0 Å². The molecule has 1 aliphatic rings. The highest BCUT2D eigenvalue weighted by atomic mass is 32.1. The summed E-state index contributed by atoms with van der Waals surface area (Å²) in [5.41, 5.74) is 1.49. The number of thiophene rings is 1. The van der Waals surface area contributed by atoms with E-state index < -0.39 is 35.4 Å². The monoisotopic (exact) mass is 493 g/mol. The summed E-state index contributed by atoms with van der Waals surface area (Å²) >= 11 is 1.44. The van der Waals surface area contributed by atoms with Gasteiger partial charge in [0.2, 0.25) is 5.91 Å². The molecule has 35 heavy (non-hydrogen) atoms. The lowest BCUT2D eigenvalue weighted by Crippen LogP contribution is -2.46. The van der Waals surface area contributed by atoms with Gasteiger partial charge in [-0.05, 0) is 43.0 Å². The van der Waals surface area contributed by atoms with E-state index in [4.69, 9.17) is 4.74 Å². The molecular weight excluding hydrogens is 470 g/mol. The Labute approximate surface area is 205 Å². The predicted molar refractivity (Wildman–Crippen MR) is 131 cm³/mol. The molecule has 2 aromatic carbocycles. The number of hydrogen-bond acceptors (Lipinski definition) is 7. The topological polar surface area (TPSA) is 119 Å². The molecule has 0 saturated carbocycles. The number of esters is 1. The second-order valence-electron chi connectivity index (χ2n) is 8.13. The summed E-state index contributed by atoms with van der Waals surface area (Å²) in [6.45, 7) is 1.35. The van der Waals surface area contributed by atoms with Gasteiger partial charge in [0.25, 0.3) is 11.6 Å². The first-order valence-electron chi connectivity index (χ1n) is 11.0. The van der Waals surface area contributed by atoms with Crippen molar-refractivity contribution in [2.75, 3.05) is 16.8 Å². The number of anilines is 2. The highest BCUT2D eigenvalue weighted by molar-refractivity contribution is 7.10. The summed E-state index contributed by atoms with van der Waals surface area (Å²) in [4.78, 5) is 51.5. The highest BCUT2D eigenvalue weighted by Gasteiger charge is 2.43. The predicted octanol–water partition coefficient (Wildman–Crippen LogP) is 4.63. The fourth-order valence-corrected chi connectivity index (χ4v) is 4.98. The molecule has 1 N–H and O–H groups in total. The van der Waals surface area contributed by atoms with Crippen molar-refractivity contribution in [2.24, 2.45) is 5.92 Å². The summed E-state index contributed by atoms with van der Waals surface area (Å²) < 4.78 is 5.33. The first kappa shape index (κ1) is 24.1. The maximum atomic E-state index is 13.1. The van der Waals surface area contributed by atoms with E-state index in [9.17, 15) is 24.5 Å². The number of piperidine rings is 1. The molecule has 2 atom stereocenters. The molecule has 0 radical (unpaired) electrons. The van der Waals surface area contributed by atoms with Crippen molar-refractivity contribution in [2.45, 2.75) is 25.8 Å². The number of nitrogens with one attached hydrogen (secondary N) is 1. The Morgan fingerprint density at radius 2 is 1.89 bits per heavy atom. The van der Waals surface area contributed by atoms with Gasteiger partial charge in [0, 0.05) is 23.1 Å². The number of para-hydroxylation sites is 2. The molecule has 0 aliphatic carbocycles. The smallest absolute Gasteiger partial charge is 0.311 e. The van der Waals surface area contributed by atoms with Crippen molar-refractivity contribution in [3.63, 3.8) is 0 Å². The molecule has 9 nitrogen and oxygen atoms in total. The van der Waals surface area contributed by atoms with Crippen LogP contribution in [0.25, 0.3) is 0 Å². The fourth-order valence-electron chi connectivity index (χ4n) is 4.10. The summed E-state index contributed by atoms with van der Waals surface area (Å²) in [7, 11) is 0. The van der Waals surface area contributed by atoms with Gasteiger partial charge in [0.05, 0.1) is 16.9 Å².